The van der Waals surface area contributed by atoms with Gasteiger partial charge in [0.25, 0.3) is 5.91 Å². The van der Waals surface area contributed by atoms with Gasteiger partial charge >= 0.3 is 6.18 Å². The number of Topliss-reactive ketones (excluding diaryl/α,β-unsaturated/α-hetero) is 1. The number of hydrogen-bond donors (Lipinski definition) is 2. The largest absolute Gasteiger partial charge is 0.454 e. The molecular formula is C25H20ClF3N2O4. The van der Waals surface area contributed by atoms with Gasteiger partial charge in [0.15, 0.2) is 17.3 Å². The Balaban J connectivity index is 1.57. The van der Waals surface area contributed by atoms with E-state index < -0.39 is 23.6 Å². The Labute approximate surface area is 203 Å². The number of rotatable bonds is 3. The number of allylic oxidation sites excluding steroid dienone is 3. The van der Waals surface area contributed by atoms with E-state index in [4.69, 9.17) is 21.1 Å². The lowest BCUT2D eigenvalue weighted by atomic mass is 9.75. The Morgan fingerprint density at radius 2 is 1.89 bits per heavy atom. The van der Waals surface area contributed by atoms with Crippen molar-refractivity contribution in [2.45, 2.75) is 38.3 Å². The molecule has 182 valence electrons. The molecule has 6 nitrogen and oxygen atoms in total. The van der Waals surface area contributed by atoms with Crippen LogP contribution < -0.4 is 20.1 Å². The van der Waals surface area contributed by atoms with Crippen LogP contribution in [0.1, 0.15) is 43.2 Å². The van der Waals surface area contributed by atoms with Crippen LogP contribution in [0.15, 0.2) is 58.9 Å². The summed E-state index contributed by atoms with van der Waals surface area (Å²) in [5.74, 6) is -0.447. The van der Waals surface area contributed by atoms with Crippen LogP contribution in [-0.2, 0) is 15.8 Å². The van der Waals surface area contributed by atoms with Crippen LogP contribution in [0.25, 0.3) is 0 Å². The molecule has 1 aliphatic carbocycles. The average molecular weight is 505 g/mol. The molecule has 0 bridgehead atoms. The number of ketones is 1. The molecule has 0 fully saturated rings. The Morgan fingerprint density at radius 3 is 2.66 bits per heavy atom. The summed E-state index contributed by atoms with van der Waals surface area (Å²) in [5.41, 5.74) is 1.46. The number of fused-ring (bicyclic) bond motifs is 1. The first-order valence-corrected chi connectivity index (χ1v) is 11.3. The zero-order chi connectivity index (χ0) is 24.9. The molecule has 0 radical (unpaired) electrons. The van der Waals surface area contributed by atoms with Gasteiger partial charge in [-0.25, -0.2) is 0 Å². The van der Waals surface area contributed by atoms with E-state index in [-0.39, 0.29) is 28.9 Å². The number of amides is 1. The topological polar surface area (TPSA) is 76.7 Å². The smallest absolute Gasteiger partial charge is 0.416 e. The van der Waals surface area contributed by atoms with Crippen LogP contribution >= 0.6 is 11.6 Å². The van der Waals surface area contributed by atoms with Crippen LogP contribution in [0.2, 0.25) is 5.02 Å². The zero-order valence-electron chi connectivity index (χ0n) is 18.5. The van der Waals surface area contributed by atoms with E-state index >= 15 is 0 Å². The van der Waals surface area contributed by atoms with E-state index in [0.29, 0.717) is 47.6 Å². The number of hydrogen-bond acceptors (Lipinski definition) is 5. The highest BCUT2D eigenvalue weighted by molar-refractivity contribution is 6.34. The first-order valence-electron chi connectivity index (χ1n) is 10.9. The molecule has 0 unspecified atom stereocenters. The lowest BCUT2D eigenvalue weighted by Gasteiger charge is -2.34. The third-order valence-electron chi connectivity index (χ3n) is 6.29. The maximum Gasteiger partial charge on any atom is 0.416 e. The second-order valence-corrected chi connectivity index (χ2v) is 8.93. The molecule has 1 amide bonds. The summed E-state index contributed by atoms with van der Waals surface area (Å²) in [6.07, 6.45) is -2.93. The van der Waals surface area contributed by atoms with Crippen molar-refractivity contribution in [1.29, 1.82) is 0 Å². The van der Waals surface area contributed by atoms with Crippen molar-refractivity contribution in [2.24, 2.45) is 0 Å². The van der Waals surface area contributed by atoms with E-state index in [2.05, 4.69) is 10.6 Å². The number of carbonyl (C=O) groups is 2. The number of carbonyl (C=O) groups excluding carboxylic acids is 2. The molecule has 5 rings (SSSR count). The van der Waals surface area contributed by atoms with Gasteiger partial charge in [-0.15, -0.1) is 0 Å². The van der Waals surface area contributed by atoms with Gasteiger partial charge in [-0.1, -0.05) is 17.7 Å². The van der Waals surface area contributed by atoms with E-state index in [1.165, 1.54) is 0 Å². The highest BCUT2D eigenvalue weighted by atomic mass is 35.5. The fourth-order valence-electron chi connectivity index (χ4n) is 4.70. The molecule has 3 aliphatic rings. The standard InChI is InChI=1S/C25H20ClF3N2O4/c1-12-21(24(33)31-17-10-14(25(27,28)29)6-7-15(17)26)22(23-16(30-12)3-2-4-18(23)32)13-5-8-19-20(9-13)35-11-34-19/h5-10,22,30H,2-4,11H2,1H3,(H,31,33)/t22-/m1/s1. The summed E-state index contributed by atoms with van der Waals surface area (Å²) in [6, 6.07) is 7.91. The summed E-state index contributed by atoms with van der Waals surface area (Å²) in [5, 5.41) is 5.66. The monoisotopic (exact) mass is 504 g/mol. The number of dihydropyridines is 1. The van der Waals surface area contributed by atoms with Crippen molar-refractivity contribution in [2.75, 3.05) is 12.1 Å². The van der Waals surface area contributed by atoms with Crippen LogP contribution in [0, 0.1) is 0 Å². The van der Waals surface area contributed by atoms with Crippen molar-refractivity contribution in [3.05, 3.63) is 75.1 Å². The lowest BCUT2D eigenvalue weighted by molar-refractivity contribution is -0.137. The normalized spacial score (nSPS) is 19.5. The SMILES string of the molecule is CC1=C(C(=O)Nc2cc(C(F)(F)F)ccc2Cl)[C@@H](c2ccc3c(c2)OCO3)C2=C(CCCC2=O)N1. The molecule has 0 spiro atoms. The summed E-state index contributed by atoms with van der Waals surface area (Å²) in [6.45, 7) is 1.76. The minimum absolute atomic E-state index is 0.0401. The van der Waals surface area contributed by atoms with E-state index in [1.54, 1.807) is 25.1 Å². The predicted octanol–water partition coefficient (Wildman–Crippen LogP) is 5.69. The number of anilines is 1. The van der Waals surface area contributed by atoms with E-state index in [0.717, 1.165) is 23.9 Å². The van der Waals surface area contributed by atoms with Crippen molar-refractivity contribution in [1.82, 2.24) is 5.32 Å². The van der Waals surface area contributed by atoms with Gasteiger partial charge < -0.3 is 20.1 Å². The van der Waals surface area contributed by atoms with E-state index in [9.17, 15) is 22.8 Å². The van der Waals surface area contributed by atoms with Gasteiger partial charge in [0.1, 0.15) is 0 Å². The van der Waals surface area contributed by atoms with Crippen LogP contribution in [0.4, 0.5) is 18.9 Å². The molecule has 0 saturated carbocycles. The minimum atomic E-state index is -4.60. The first-order chi connectivity index (χ1) is 16.6. The second-order valence-electron chi connectivity index (χ2n) is 8.52. The number of nitrogens with one attached hydrogen (secondary N) is 2. The van der Waals surface area contributed by atoms with Gasteiger partial charge in [-0.2, -0.15) is 13.2 Å². The molecular weight excluding hydrogens is 485 g/mol. The molecule has 0 saturated heterocycles. The van der Waals surface area contributed by atoms with Crippen LogP contribution in [-0.4, -0.2) is 18.5 Å². The van der Waals surface area contributed by atoms with E-state index in [1.807, 2.05) is 0 Å². The maximum absolute atomic E-state index is 13.6. The predicted molar refractivity (Wildman–Crippen MR) is 122 cm³/mol. The van der Waals surface area contributed by atoms with Gasteiger partial charge in [0.05, 0.1) is 16.3 Å². The number of benzene rings is 2. The quantitative estimate of drug-likeness (QED) is 0.561. The lowest BCUT2D eigenvalue weighted by Crippen LogP contribution is -2.35. The Morgan fingerprint density at radius 1 is 1.11 bits per heavy atom. The highest BCUT2D eigenvalue weighted by Gasteiger charge is 2.39. The van der Waals surface area contributed by atoms with Crippen LogP contribution in [0.5, 0.6) is 11.5 Å². The fraction of sp³-hybridized carbons (Fsp3) is 0.280. The summed E-state index contributed by atoms with van der Waals surface area (Å²) in [7, 11) is 0. The first kappa shape index (κ1) is 23.3. The Bertz CT molecular complexity index is 1320. The average Bonchev–Trinajstić information content (AvgIpc) is 3.27. The highest BCUT2D eigenvalue weighted by Crippen LogP contribution is 2.45. The maximum atomic E-state index is 13.6. The Hall–Kier alpha value is -3.46. The molecule has 35 heavy (non-hydrogen) atoms. The molecule has 1 atom stereocenters. The summed E-state index contributed by atoms with van der Waals surface area (Å²) >= 11 is 6.11. The number of alkyl halides is 3. The molecule has 0 aromatic heterocycles. The zero-order valence-corrected chi connectivity index (χ0v) is 19.3. The van der Waals surface area contributed by atoms with Gasteiger partial charge in [0, 0.05) is 34.9 Å². The molecule has 2 aromatic carbocycles. The third kappa shape index (κ3) is 4.25. The second kappa shape index (κ2) is 8.64. The van der Waals surface area contributed by atoms with Gasteiger partial charge in [-0.3, -0.25) is 9.59 Å². The molecule has 2 aliphatic heterocycles. The van der Waals surface area contributed by atoms with Crippen molar-refractivity contribution in [3.8, 4) is 11.5 Å². The molecule has 10 heteroatoms. The fourth-order valence-corrected chi connectivity index (χ4v) is 4.86. The van der Waals surface area contributed by atoms with Crippen molar-refractivity contribution >= 4 is 29.0 Å². The minimum Gasteiger partial charge on any atom is -0.454 e. The summed E-state index contributed by atoms with van der Waals surface area (Å²) < 4.78 is 50.6. The van der Waals surface area contributed by atoms with Gasteiger partial charge in [-0.05, 0) is 55.7 Å². The summed E-state index contributed by atoms with van der Waals surface area (Å²) in [4.78, 5) is 26.6. The third-order valence-corrected chi connectivity index (χ3v) is 6.62. The number of ether oxygens (including phenoxy) is 2. The van der Waals surface area contributed by atoms with Crippen LogP contribution in [0.3, 0.4) is 0 Å². The van der Waals surface area contributed by atoms with Crippen molar-refractivity contribution in [3.63, 3.8) is 0 Å². The molecule has 2 N–H and O–H groups in total. The molecule has 2 heterocycles. The number of halogens is 4. The Kier molecular flexibility index (Phi) is 5.75. The van der Waals surface area contributed by atoms with Gasteiger partial charge in [0.2, 0.25) is 6.79 Å². The van der Waals surface area contributed by atoms with Crippen molar-refractivity contribution < 1.29 is 32.2 Å². The molecule has 2 aromatic rings.